The van der Waals surface area contributed by atoms with Crippen LogP contribution in [-0.4, -0.2) is 61.5 Å². The highest BCUT2D eigenvalue weighted by Gasteiger charge is 2.28. The van der Waals surface area contributed by atoms with Gasteiger partial charge in [-0.2, -0.15) is 8.78 Å². The molecule has 2 heterocycles. The van der Waals surface area contributed by atoms with E-state index in [4.69, 9.17) is 9.15 Å². The molecule has 1 aromatic carbocycles. The van der Waals surface area contributed by atoms with Crippen LogP contribution in [0.1, 0.15) is 26.7 Å². The minimum Gasteiger partial charge on any atom is -0.453 e. The Labute approximate surface area is 160 Å². The first-order chi connectivity index (χ1) is 13.5. The number of benzene rings is 1. The van der Waals surface area contributed by atoms with Crippen LogP contribution in [0.2, 0.25) is 0 Å². The summed E-state index contributed by atoms with van der Waals surface area (Å²) in [6.45, 7) is -1.57. The lowest BCUT2D eigenvalue weighted by Gasteiger charge is -2.34. The number of amides is 2. The summed E-state index contributed by atoms with van der Waals surface area (Å²) in [5.74, 6) is -0.0836. The van der Waals surface area contributed by atoms with Gasteiger partial charge in [-0.05, 0) is 24.3 Å². The molecule has 0 unspecified atom stereocenters. The summed E-state index contributed by atoms with van der Waals surface area (Å²) in [4.78, 5) is 28.3. The summed E-state index contributed by atoms with van der Waals surface area (Å²) in [6.07, 6.45) is 0. The molecule has 7 nitrogen and oxygen atoms in total. The molecule has 3 rings (SSSR count). The maximum Gasteiger partial charge on any atom is 0.387 e. The topological polar surface area (TPSA) is 72.2 Å². The van der Waals surface area contributed by atoms with E-state index in [1.54, 1.807) is 23.1 Å². The number of rotatable bonds is 6. The number of hydrogen-bond acceptors (Lipinski definition) is 5. The third-order valence-electron chi connectivity index (χ3n) is 4.35. The third-order valence-corrected chi connectivity index (χ3v) is 4.35. The highest BCUT2D eigenvalue weighted by Crippen LogP contribution is 2.23. The lowest BCUT2D eigenvalue weighted by Crippen LogP contribution is -2.50. The van der Waals surface area contributed by atoms with Gasteiger partial charge in [-0.25, -0.2) is 0 Å². The number of alkyl halides is 2. The van der Waals surface area contributed by atoms with Gasteiger partial charge in [0.2, 0.25) is 0 Å². The second-order valence-electron chi connectivity index (χ2n) is 6.16. The predicted octanol–water partition coefficient (Wildman–Crippen LogP) is 2.63. The van der Waals surface area contributed by atoms with Crippen molar-refractivity contribution in [1.82, 2.24) is 9.80 Å². The van der Waals surface area contributed by atoms with E-state index in [-0.39, 0.29) is 42.7 Å². The second-order valence-corrected chi connectivity index (χ2v) is 6.16. The lowest BCUT2D eigenvalue weighted by atomic mass is 10.1. The first-order valence-electron chi connectivity index (χ1n) is 8.69. The zero-order chi connectivity index (χ0) is 20.1. The van der Waals surface area contributed by atoms with E-state index in [0.717, 1.165) is 0 Å². The summed E-state index contributed by atoms with van der Waals surface area (Å²) >= 11 is 0. The fourth-order valence-electron chi connectivity index (χ4n) is 2.99. The van der Waals surface area contributed by atoms with Gasteiger partial charge in [0.05, 0.1) is 5.56 Å². The van der Waals surface area contributed by atoms with Crippen molar-refractivity contribution in [2.24, 2.45) is 0 Å². The van der Waals surface area contributed by atoms with E-state index < -0.39 is 12.5 Å². The molecule has 0 saturated carbocycles. The van der Waals surface area contributed by atoms with Crippen LogP contribution in [0.4, 0.5) is 8.78 Å². The van der Waals surface area contributed by atoms with Gasteiger partial charge in [0.1, 0.15) is 18.1 Å². The number of ether oxygens (including phenoxy) is 2. The molecule has 0 bridgehead atoms. The summed E-state index contributed by atoms with van der Waals surface area (Å²) in [5.41, 5.74) is 0.0674. The molecule has 1 aliphatic heterocycles. The van der Waals surface area contributed by atoms with Crippen LogP contribution >= 0.6 is 0 Å². The van der Waals surface area contributed by atoms with Gasteiger partial charge in [-0.1, -0.05) is 12.1 Å². The van der Waals surface area contributed by atoms with Crippen molar-refractivity contribution in [3.63, 3.8) is 0 Å². The Morgan fingerprint density at radius 2 is 1.68 bits per heavy atom. The fourth-order valence-corrected chi connectivity index (χ4v) is 2.99. The van der Waals surface area contributed by atoms with Crippen molar-refractivity contribution in [3.8, 4) is 5.75 Å². The highest BCUT2D eigenvalue weighted by atomic mass is 19.3. The first kappa shape index (κ1) is 19.8. The van der Waals surface area contributed by atoms with Crippen molar-refractivity contribution in [2.45, 2.75) is 13.2 Å². The molecule has 0 atom stereocenters. The zero-order valence-electron chi connectivity index (χ0n) is 15.3. The van der Waals surface area contributed by atoms with E-state index in [1.807, 2.05) is 0 Å². The summed E-state index contributed by atoms with van der Waals surface area (Å²) < 4.78 is 39.9. The lowest BCUT2D eigenvalue weighted by molar-refractivity contribution is -0.0503. The number of methoxy groups -OCH3 is 1. The second kappa shape index (κ2) is 8.83. The molecular weight excluding hydrogens is 374 g/mol. The normalized spacial score (nSPS) is 14.4. The van der Waals surface area contributed by atoms with Crippen LogP contribution in [0.25, 0.3) is 0 Å². The Morgan fingerprint density at radius 1 is 1.04 bits per heavy atom. The van der Waals surface area contributed by atoms with E-state index in [0.29, 0.717) is 18.8 Å². The number of carbonyl (C=O) groups is 2. The van der Waals surface area contributed by atoms with E-state index in [9.17, 15) is 18.4 Å². The van der Waals surface area contributed by atoms with Crippen molar-refractivity contribution in [3.05, 3.63) is 53.5 Å². The number of para-hydroxylation sites is 1. The molecule has 0 radical (unpaired) electrons. The van der Waals surface area contributed by atoms with E-state index in [2.05, 4.69) is 4.74 Å². The molecule has 1 aliphatic rings. The average Bonchev–Trinajstić information content (AvgIpc) is 3.16. The molecule has 9 heteroatoms. The number of piperazine rings is 1. The van der Waals surface area contributed by atoms with E-state index in [1.165, 1.54) is 30.2 Å². The molecule has 0 spiro atoms. The number of carbonyl (C=O) groups excluding carboxylic acids is 2. The number of furan rings is 1. The van der Waals surface area contributed by atoms with Gasteiger partial charge in [0, 0.05) is 33.3 Å². The Bertz CT molecular complexity index is 831. The quantitative estimate of drug-likeness (QED) is 0.753. The van der Waals surface area contributed by atoms with Gasteiger partial charge in [-0.15, -0.1) is 0 Å². The highest BCUT2D eigenvalue weighted by molar-refractivity contribution is 5.97. The van der Waals surface area contributed by atoms with Crippen molar-refractivity contribution in [2.75, 3.05) is 33.3 Å². The largest absolute Gasteiger partial charge is 0.453 e. The van der Waals surface area contributed by atoms with Gasteiger partial charge in [-0.3, -0.25) is 9.59 Å². The van der Waals surface area contributed by atoms with Gasteiger partial charge in [0.15, 0.2) is 5.76 Å². The van der Waals surface area contributed by atoms with Crippen molar-refractivity contribution >= 4 is 11.8 Å². The molecular formula is C19H20F2N2O5. The zero-order valence-corrected chi connectivity index (χ0v) is 15.3. The molecule has 1 aromatic heterocycles. The molecule has 150 valence electrons. The first-order valence-corrected chi connectivity index (χ1v) is 8.69. The van der Waals surface area contributed by atoms with Crippen molar-refractivity contribution in [1.29, 1.82) is 0 Å². The summed E-state index contributed by atoms with van der Waals surface area (Å²) in [5, 5.41) is 0. The molecule has 0 N–H and O–H groups in total. The molecule has 1 saturated heterocycles. The molecule has 28 heavy (non-hydrogen) atoms. The van der Waals surface area contributed by atoms with Crippen LogP contribution in [0.15, 0.2) is 40.8 Å². The van der Waals surface area contributed by atoms with Crippen molar-refractivity contribution < 1.29 is 32.3 Å². The SMILES string of the molecule is COCc1ccc(C(=O)N2CCN(C(=O)c3ccccc3OC(F)F)CC2)o1. The molecule has 2 amide bonds. The Balaban J connectivity index is 1.62. The predicted molar refractivity (Wildman–Crippen MR) is 94.3 cm³/mol. The number of hydrogen-bond donors (Lipinski definition) is 0. The van der Waals surface area contributed by atoms with Gasteiger partial charge >= 0.3 is 6.61 Å². The van der Waals surface area contributed by atoms with E-state index >= 15 is 0 Å². The Morgan fingerprint density at radius 3 is 2.32 bits per heavy atom. The van der Waals surface area contributed by atoms with Crippen LogP contribution < -0.4 is 4.74 Å². The van der Waals surface area contributed by atoms with Gasteiger partial charge in [0.25, 0.3) is 11.8 Å². The third kappa shape index (κ3) is 4.48. The number of nitrogens with zero attached hydrogens (tertiary/aromatic N) is 2. The maximum absolute atomic E-state index is 12.7. The Hall–Kier alpha value is -2.94. The van der Waals surface area contributed by atoms with Crippen LogP contribution in [0.3, 0.4) is 0 Å². The van der Waals surface area contributed by atoms with Crippen LogP contribution in [0, 0.1) is 0 Å². The summed E-state index contributed by atoms with van der Waals surface area (Å²) in [7, 11) is 1.53. The molecule has 2 aromatic rings. The average molecular weight is 394 g/mol. The Kier molecular flexibility index (Phi) is 6.25. The molecule has 0 aliphatic carbocycles. The van der Waals surface area contributed by atoms with Crippen LogP contribution in [-0.2, 0) is 11.3 Å². The monoisotopic (exact) mass is 394 g/mol. The maximum atomic E-state index is 12.7. The van der Waals surface area contributed by atoms with Gasteiger partial charge < -0.3 is 23.7 Å². The van der Waals surface area contributed by atoms with Crippen LogP contribution in [0.5, 0.6) is 5.75 Å². The standard InChI is InChI=1S/C19H20F2N2O5/c1-26-12-13-6-7-16(27-13)18(25)23-10-8-22(9-11-23)17(24)14-4-2-3-5-15(14)28-19(20)21/h2-7,19H,8-12H2,1H3. The number of halogens is 2. The smallest absolute Gasteiger partial charge is 0.387 e. The minimum atomic E-state index is -3.01. The summed E-state index contributed by atoms with van der Waals surface area (Å²) in [6, 6.07) is 9.14. The molecule has 1 fully saturated rings. The fraction of sp³-hybridized carbons (Fsp3) is 0.368. The minimum absolute atomic E-state index is 0.0674.